The second kappa shape index (κ2) is 6.26. The van der Waals surface area contributed by atoms with Gasteiger partial charge in [0.2, 0.25) is 11.8 Å². The third-order valence-electron chi connectivity index (χ3n) is 3.25. The molecule has 1 heterocycles. The normalized spacial score (nSPS) is 10.3. The average Bonchev–Trinajstić information content (AvgIpc) is 2.73. The van der Waals surface area contributed by atoms with Crippen LogP contribution >= 0.6 is 0 Å². The van der Waals surface area contributed by atoms with Crippen LogP contribution in [0.5, 0.6) is 0 Å². The van der Waals surface area contributed by atoms with Gasteiger partial charge in [0.05, 0.1) is 4.92 Å². The highest BCUT2D eigenvalue weighted by Crippen LogP contribution is 2.21. The van der Waals surface area contributed by atoms with Crippen molar-refractivity contribution in [2.45, 2.75) is 20.4 Å². The maximum atomic E-state index is 12.0. The van der Waals surface area contributed by atoms with Gasteiger partial charge >= 0.3 is 5.69 Å². The van der Waals surface area contributed by atoms with Crippen LogP contribution in [-0.2, 0) is 11.3 Å². The zero-order valence-electron chi connectivity index (χ0n) is 12.6. The van der Waals surface area contributed by atoms with Crippen molar-refractivity contribution in [1.82, 2.24) is 9.78 Å². The first-order valence-corrected chi connectivity index (χ1v) is 6.67. The minimum atomic E-state index is -0.602. The van der Waals surface area contributed by atoms with Gasteiger partial charge in [0.25, 0.3) is 0 Å². The first kappa shape index (κ1) is 16.1. The van der Waals surface area contributed by atoms with Crippen LogP contribution in [0.25, 0.3) is 0 Å². The monoisotopic (exact) mass is 317 g/mol. The molecule has 9 heteroatoms. The van der Waals surface area contributed by atoms with E-state index in [9.17, 15) is 19.7 Å². The Morgan fingerprint density at radius 1 is 1.39 bits per heavy atom. The van der Waals surface area contributed by atoms with Gasteiger partial charge in [-0.3, -0.25) is 24.4 Å². The zero-order valence-corrected chi connectivity index (χ0v) is 12.6. The molecule has 0 spiro atoms. The van der Waals surface area contributed by atoms with Crippen LogP contribution in [0.4, 0.5) is 11.4 Å². The summed E-state index contributed by atoms with van der Waals surface area (Å²) in [4.78, 5) is 33.6. The number of nitrogens with two attached hydrogens (primary N) is 1. The first-order chi connectivity index (χ1) is 10.8. The summed E-state index contributed by atoms with van der Waals surface area (Å²) in [7, 11) is 0. The molecule has 1 aromatic heterocycles. The Hall–Kier alpha value is -3.23. The number of amides is 2. The van der Waals surface area contributed by atoms with E-state index in [0.29, 0.717) is 11.4 Å². The molecule has 0 bridgehead atoms. The fourth-order valence-corrected chi connectivity index (χ4v) is 2.19. The van der Waals surface area contributed by atoms with Crippen LogP contribution in [0.3, 0.4) is 0 Å². The predicted molar refractivity (Wildman–Crippen MR) is 81.9 cm³/mol. The maximum Gasteiger partial charge on any atom is 0.312 e. The molecule has 0 radical (unpaired) electrons. The van der Waals surface area contributed by atoms with E-state index in [1.807, 2.05) is 0 Å². The predicted octanol–water partition coefficient (Wildman–Crippen LogP) is 1.15. The van der Waals surface area contributed by atoms with Gasteiger partial charge in [-0.1, -0.05) is 6.07 Å². The molecular weight excluding hydrogens is 302 g/mol. The number of hydrogen-bond acceptors (Lipinski definition) is 5. The minimum Gasteiger partial charge on any atom is -0.366 e. The number of aromatic nitrogens is 2. The van der Waals surface area contributed by atoms with Gasteiger partial charge in [-0.15, -0.1) is 0 Å². The Bertz CT molecular complexity index is 796. The standard InChI is InChI=1S/C14H15N5O4/c1-8-13(19(22)23)9(2)18(17-8)7-12(20)16-11-5-3-4-10(6-11)14(15)21/h3-6H,7H2,1-2H3,(H2,15,21)(H,16,20). The molecular formula is C14H15N5O4. The van der Waals surface area contributed by atoms with E-state index in [2.05, 4.69) is 10.4 Å². The van der Waals surface area contributed by atoms with Gasteiger partial charge in [0.1, 0.15) is 17.9 Å². The highest BCUT2D eigenvalue weighted by Gasteiger charge is 2.22. The third kappa shape index (κ3) is 3.51. The van der Waals surface area contributed by atoms with Crippen molar-refractivity contribution in [3.05, 3.63) is 51.3 Å². The molecule has 0 saturated carbocycles. The average molecular weight is 317 g/mol. The van der Waals surface area contributed by atoms with Crippen molar-refractivity contribution in [3.8, 4) is 0 Å². The van der Waals surface area contributed by atoms with Gasteiger partial charge in [-0.2, -0.15) is 5.10 Å². The van der Waals surface area contributed by atoms with E-state index in [4.69, 9.17) is 5.73 Å². The lowest BCUT2D eigenvalue weighted by molar-refractivity contribution is -0.386. The third-order valence-corrected chi connectivity index (χ3v) is 3.25. The maximum absolute atomic E-state index is 12.0. The largest absolute Gasteiger partial charge is 0.366 e. The van der Waals surface area contributed by atoms with E-state index >= 15 is 0 Å². The molecule has 1 aromatic carbocycles. The van der Waals surface area contributed by atoms with E-state index in [0.717, 1.165) is 0 Å². The summed E-state index contributed by atoms with van der Waals surface area (Å²) in [5.41, 5.74) is 6.29. The van der Waals surface area contributed by atoms with E-state index in [-0.39, 0.29) is 23.5 Å². The second-order valence-corrected chi connectivity index (χ2v) is 4.93. The SMILES string of the molecule is Cc1nn(CC(=O)Nc2cccc(C(N)=O)c2)c(C)c1[N+](=O)[O-]. The molecule has 0 aliphatic rings. The Kier molecular flexibility index (Phi) is 4.39. The van der Waals surface area contributed by atoms with Crippen molar-refractivity contribution < 1.29 is 14.5 Å². The van der Waals surface area contributed by atoms with E-state index in [1.165, 1.54) is 30.7 Å². The number of rotatable bonds is 5. The molecule has 9 nitrogen and oxygen atoms in total. The summed E-state index contributed by atoms with van der Waals surface area (Å²) < 4.78 is 1.26. The molecule has 0 fully saturated rings. The molecule has 0 saturated heterocycles. The zero-order chi connectivity index (χ0) is 17.1. The summed E-state index contributed by atoms with van der Waals surface area (Å²) in [5, 5.41) is 17.5. The van der Waals surface area contributed by atoms with Gasteiger partial charge in [0.15, 0.2) is 0 Å². The number of nitrogens with zero attached hydrogens (tertiary/aromatic N) is 3. The molecule has 23 heavy (non-hydrogen) atoms. The molecule has 0 unspecified atom stereocenters. The highest BCUT2D eigenvalue weighted by molar-refractivity contribution is 5.96. The molecule has 0 aliphatic carbocycles. The van der Waals surface area contributed by atoms with Crippen molar-refractivity contribution in [2.24, 2.45) is 5.73 Å². The summed E-state index contributed by atoms with van der Waals surface area (Å²) in [6.07, 6.45) is 0. The minimum absolute atomic E-state index is 0.103. The molecule has 3 N–H and O–H groups in total. The molecule has 2 aromatic rings. The highest BCUT2D eigenvalue weighted by atomic mass is 16.6. The van der Waals surface area contributed by atoms with Crippen molar-refractivity contribution in [2.75, 3.05) is 5.32 Å². The Morgan fingerprint density at radius 3 is 2.65 bits per heavy atom. The van der Waals surface area contributed by atoms with E-state index in [1.54, 1.807) is 12.1 Å². The van der Waals surface area contributed by atoms with Crippen molar-refractivity contribution in [3.63, 3.8) is 0 Å². The van der Waals surface area contributed by atoms with Crippen LogP contribution in [0.2, 0.25) is 0 Å². The molecule has 2 rings (SSSR count). The van der Waals surface area contributed by atoms with E-state index < -0.39 is 16.7 Å². The Morgan fingerprint density at radius 2 is 2.09 bits per heavy atom. The Balaban J connectivity index is 2.14. The molecule has 0 aliphatic heterocycles. The summed E-state index contributed by atoms with van der Waals surface area (Å²) in [6, 6.07) is 6.17. The van der Waals surface area contributed by atoms with Crippen LogP contribution in [0, 0.1) is 24.0 Å². The molecule has 2 amide bonds. The molecule has 120 valence electrons. The van der Waals surface area contributed by atoms with Crippen LogP contribution < -0.4 is 11.1 Å². The molecule has 0 atom stereocenters. The first-order valence-electron chi connectivity index (χ1n) is 6.67. The lowest BCUT2D eigenvalue weighted by atomic mass is 10.2. The van der Waals surface area contributed by atoms with Gasteiger partial charge in [-0.25, -0.2) is 0 Å². The Labute approximate surface area is 131 Å². The number of aryl methyl sites for hydroxylation is 1. The van der Waals surface area contributed by atoms with Crippen LogP contribution in [-0.4, -0.2) is 26.5 Å². The second-order valence-electron chi connectivity index (χ2n) is 4.93. The fourth-order valence-electron chi connectivity index (χ4n) is 2.19. The summed E-state index contributed by atoms with van der Waals surface area (Å²) >= 11 is 0. The topological polar surface area (TPSA) is 133 Å². The fraction of sp³-hybridized carbons (Fsp3) is 0.214. The number of benzene rings is 1. The lowest BCUT2D eigenvalue weighted by Gasteiger charge is -2.07. The number of hydrogen-bond donors (Lipinski definition) is 2. The van der Waals surface area contributed by atoms with Crippen LogP contribution in [0.15, 0.2) is 24.3 Å². The van der Waals surface area contributed by atoms with Crippen molar-refractivity contribution in [1.29, 1.82) is 0 Å². The smallest absolute Gasteiger partial charge is 0.312 e. The summed E-state index contributed by atoms with van der Waals surface area (Å²) in [5.74, 6) is -1.03. The van der Waals surface area contributed by atoms with Gasteiger partial charge < -0.3 is 11.1 Å². The number of nitrogens with one attached hydrogen (secondary N) is 1. The lowest BCUT2D eigenvalue weighted by Crippen LogP contribution is -2.20. The number of carbonyl (C=O) groups excluding carboxylic acids is 2. The van der Waals surface area contributed by atoms with Gasteiger partial charge in [-0.05, 0) is 32.0 Å². The quantitative estimate of drug-likeness (QED) is 0.630. The number of primary amides is 1. The number of nitro groups is 1. The number of carbonyl (C=O) groups is 2. The van der Waals surface area contributed by atoms with Crippen LogP contribution in [0.1, 0.15) is 21.7 Å². The number of anilines is 1. The summed E-state index contributed by atoms with van der Waals surface area (Å²) in [6.45, 7) is 2.86. The van der Waals surface area contributed by atoms with Crippen molar-refractivity contribution >= 4 is 23.2 Å². The van der Waals surface area contributed by atoms with Gasteiger partial charge in [0, 0.05) is 11.3 Å².